The van der Waals surface area contributed by atoms with Gasteiger partial charge in [-0.1, -0.05) is 25.5 Å². The van der Waals surface area contributed by atoms with Crippen LogP contribution in [0, 0.1) is 0 Å². The predicted molar refractivity (Wildman–Crippen MR) is 116 cm³/mol. The molecule has 0 atom stereocenters. The molecule has 0 aliphatic rings. The SMILES string of the molecule is CCCCNC(=O)c1cnc(-c2ccc(OC)cc2)c(-c2ccc(C(=O)O)cc2)c1. The smallest absolute Gasteiger partial charge is 0.335 e. The number of nitrogens with one attached hydrogen (secondary N) is 1. The summed E-state index contributed by atoms with van der Waals surface area (Å²) in [6.45, 7) is 2.68. The van der Waals surface area contributed by atoms with Gasteiger partial charge in [-0.25, -0.2) is 4.79 Å². The molecular weight excluding hydrogens is 380 g/mol. The summed E-state index contributed by atoms with van der Waals surface area (Å²) in [5.74, 6) is -0.433. The molecule has 0 fully saturated rings. The lowest BCUT2D eigenvalue weighted by atomic mass is 9.97. The Bertz CT molecular complexity index is 1030. The molecule has 30 heavy (non-hydrogen) atoms. The summed E-state index contributed by atoms with van der Waals surface area (Å²) in [4.78, 5) is 28.3. The predicted octanol–water partition coefficient (Wildman–Crippen LogP) is 4.65. The Kier molecular flexibility index (Phi) is 6.80. The van der Waals surface area contributed by atoms with Gasteiger partial charge in [0.2, 0.25) is 0 Å². The van der Waals surface area contributed by atoms with Gasteiger partial charge in [0.25, 0.3) is 5.91 Å². The van der Waals surface area contributed by atoms with Crippen molar-refractivity contribution >= 4 is 11.9 Å². The third kappa shape index (κ3) is 4.84. The van der Waals surface area contributed by atoms with E-state index in [1.807, 2.05) is 24.3 Å². The van der Waals surface area contributed by atoms with E-state index in [-0.39, 0.29) is 11.5 Å². The number of amides is 1. The highest BCUT2D eigenvalue weighted by atomic mass is 16.5. The van der Waals surface area contributed by atoms with Crippen LogP contribution in [0.25, 0.3) is 22.4 Å². The molecule has 1 heterocycles. The van der Waals surface area contributed by atoms with Crippen molar-refractivity contribution in [3.05, 3.63) is 71.9 Å². The highest BCUT2D eigenvalue weighted by Crippen LogP contribution is 2.32. The second-order valence-electron chi connectivity index (χ2n) is 6.84. The first kappa shape index (κ1) is 21.0. The fourth-order valence-electron chi connectivity index (χ4n) is 3.06. The van der Waals surface area contributed by atoms with Crippen molar-refractivity contribution in [1.29, 1.82) is 0 Å². The van der Waals surface area contributed by atoms with E-state index in [1.54, 1.807) is 43.6 Å². The first-order chi connectivity index (χ1) is 14.5. The quantitative estimate of drug-likeness (QED) is 0.534. The normalized spacial score (nSPS) is 10.5. The second kappa shape index (κ2) is 9.69. The molecule has 3 rings (SSSR count). The number of aromatic nitrogens is 1. The van der Waals surface area contributed by atoms with Gasteiger partial charge < -0.3 is 15.2 Å². The van der Waals surface area contributed by atoms with Crippen LogP contribution in [0.2, 0.25) is 0 Å². The third-order valence-corrected chi connectivity index (χ3v) is 4.77. The molecule has 6 heteroatoms. The Morgan fingerprint density at radius 1 is 1.00 bits per heavy atom. The van der Waals surface area contributed by atoms with Crippen molar-refractivity contribution in [3.63, 3.8) is 0 Å². The summed E-state index contributed by atoms with van der Waals surface area (Å²) in [6, 6.07) is 15.8. The van der Waals surface area contributed by atoms with Gasteiger partial charge in [0, 0.05) is 23.9 Å². The molecule has 0 saturated heterocycles. The molecule has 0 unspecified atom stereocenters. The van der Waals surface area contributed by atoms with Crippen molar-refractivity contribution in [1.82, 2.24) is 10.3 Å². The summed E-state index contributed by atoms with van der Waals surface area (Å²) in [5, 5.41) is 12.1. The number of ether oxygens (including phenoxy) is 1. The molecule has 0 aliphatic heterocycles. The molecule has 2 N–H and O–H groups in total. The van der Waals surface area contributed by atoms with Gasteiger partial charge in [-0.2, -0.15) is 0 Å². The summed E-state index contributed by atoms with van der Waals surface area (Å²) in [5.41, 5.74) is 3.76. The van der Waals surface area contributed by atoms with Crippen LogP contribution >= 0.6 is 0 Å². The topological polar surface area (TPSA) is 88.5 Å². The monoisotopic (exact) mass is 404 g/mol. The first-order valence-electron chi connectivity index (χ1n) is 9.80. The minimum Gasteiger partial charge on any atom is -0.497 e. The van der Waals surface area contributed by atoms with Gasteiger partial charge in [-0.05, 0) is 54.4 Å². The number of unbranched alkanes of at least 4 members (excludes halogenated alkanes) is 1. The maximum atomic E-state index is 12.5. The number of hydrogen-bond donors (Lipinski definition) is 2. The number of carbonyl (C=O) groups excluding carboxylic acids is 1. The Hall–Kier alpha value is -3.67. The molecule has 6 nitrogen and oxygen atoms in total. The van der Waals surface area contributed by atoms with E-state index in [2.05, 4.69) is 17.2 Å². The highest BCUT2D eigenvalue weighted by Gasteiger charge is 2.15. The molecule has 1 aromatic heterocycles. The van der Waals surface area contributed by atoms with Crippen LogP contribution < -0.4 is 10.1 Å². The highest BCUT2D eigenvalue weighted by molar-refractivity contribution is 5.97. The average Bonchev–Trinajstić information content (AvgIpc) is 2.79. The van der Waals surface area contributed by atoms with Crippen LogP contribution in [0.15, 0.2) is 60.8 Å². The molecule has 0 aliphatic carbocycles. The van der Waals surface area contributed by atoms with Crippen LogP contribution in [0.1, 0.15) is 40.5 Å². The minimum absolute atomic E-state index is 0.180. The number of benzene rings is 2. The summed E-state index contributed by atoms with van der Waals surface area (Å²) in [7, 11) is 1.61. The number of nitrogens with zero attached hydrogens (tertiary/aromatic N) is 1. The van der Waals surface area contributed by atoms with Gasteiger partial charge in [0.05, 0.1) is 23.9 Å². The Labute approximate surface area is 175 Å². The largest absolute Gasteiger partial charge is 0.497 e. The van der Waals surface area contributed by atoms with Crippen LogP contribution in [0.4, 0.5) is 0 Å². The number of aromatic carboxylic acids is 1. The summed E-state index contributed by atoms with van der Waals surface area (Å²) >= 11 is 0. The Balaban J connectivity index is 2.04. The number of rotatable bonds is 8. The standard InChI is InChI=1S/C24H24N2O4/c1-3-4-13-25-23(27)19-14-21(16-5-7-18(8-6-16)24(28)29)22(26-15-19)17-9-11-20(30-2)12-10-17/h5-12,14-15H,3-4,13H2,1-2H3,(H,25,27)(H,28,29). The Morgan fingerprint density at radius 3 is 2.27 bits per heavy atom. The zero-order chi connectivity index (χ0) is 21.5. The van der Waals surface area contributed by atoms with E-state index in [0.717, 1.165) is 35.3 Å². The van der Waals surface area contributed by atoms with E-state index in [4.69, 9.17) is 4.74 Å². The van der Waals surface area contributed by atoms with Crippen molar-refractivity contribution in [2.75, 3.05) is 13.7 Å². The van der Waals surface area contributed by atoms with Crippen LogP contribution in [-0.4, -0.2) is 35.6 Å². The summed E-state index contributed by atoms with van der Waals surface area (Å²) in [6.07, 6.45) is 3.47. The molecule has 3 aromatic rings. The van der Waals surface area contributed by atoms with E-state index < -0.39 is 5.97 Å². The lowest BCUT2D eigenvalue weighted by molar-refractivity contribution is 0.0696. The van der Waals surface area contributed by atoms with Crippen LogP contribution in [0.5, 0.6) is 5.75 Å². The van der Waals surface area contributed by atoms with Crippen molar-refractivity contribution in [2.45, 2.75) is 19.8 Å². The van der Waals surface area contributed by atoms with E-state index >= 15 is 0 Å². The molecule has 0 spiro atoms. The maximum Gasteiger partial charge on any atom is 0.335 e. The van der Waals surface area contributed by atoms with Gasteiger partial charge in [-0.3, -0.25) is 9.78 Å². The number of hydrogen-bond acceptors (Lipinski definition) is 4. The number of carboxylic acids is 1. The van der Waals surface area contributed by atoms with E-state index in [0.29, 0.717) is 17.8 Å². The van der Waals surface area contributed by atoms with Crippen molar-refractivity contribution in [2.24, 2.45) is 0 Å². The first-order valence-corrected chi connectivity index (χ1v) is 9.80. The van der Waals surface area contributed by atoms with Crippen molar-refractivity contribution in [3.8, 4) is 28.1 Å². The molecule has 2 aromatic carbocycles. The number of carbonyl (C=O) groups is 2. The lowest BCUT2D eigenvalue weighted by Gasteiger charge is -2.13. The third-order valence-electron chi connectivity index (χ3n) is 4.77. The van der Waals surface area contributed by atoms with Gasteiger partial charge >= 0.3 is 5.97 Å². The molecule has 0 saturated carbocycles. The summed E-state index contributed by atoms with van der Waals surface area (Å²) < 4.78 is 5.22. The fourth-order valence-corrected chi connectivity index (χ4v) is 3.06. The van der Waals surface area contributed by atoms with Crippen LogP contribution in [0.3, 0.4) is 0 Å². The lowest BCUT2D eigenvalue weighted by Crippen LogP contribution is -2.24. The van der Waals surface area contributed by atoms with Crippen molar-refractivity contribution < 1.29 is 19.4 Å². The van der Waals surface area contributed by atoms with Gasteiger partial charge in [0.15, 0.2) is 0 Å². The average molecular weight is 404 g/mol. The zero-order valence-corrected chi connectivity index (χ0v) is 17.0. The number of methoxy groups -OCH3 is 1. The maximum absolute atomic E-state index is 12.5. The van der Waals surface area contributed by atoms with Crippen LogP contribution in [-0.2, 0) is 0 Å². The Morgan fingerprint density at radius 2 is 1.67 bits per heavy atom. The number of carboxylic acid groups (broad SMARTS) is 1. The molecular formula is C24H24N2O4. The second-order valence-corrected chi connectivity index (χ2v) is 6.84. The molecule has 0 radical (unpaired) electrons. The zero-order valence-electron chi connectivity index (χ0n) is 17.0. The van der Waals surface area contributed by atoms with E-state index in [1.165, 1.54) is 0 Å². The fraction of sp³-hybridized carbons (Fsp3) is 0.208. The van der Waals surface area contributed by atoms with Gasteiger partial charge in [-0.15, -0.1) is 0 Å². The number of pyridine rings is 1. The molecule has 154 valence electrons. The molecule has 1 amide bonds. The van der Waals surface area contributed by atoms with E-state index in [9.17, 15) is 14.7 Å². The minimum atomic E-state index is -0.987. The molecule has 0 bridgehead atoms. The van der Waals surface area contributed by atoms with Gasteiger partial charge in [0.1, 0.15) is 5.75 Å².